The van der Waals surface area contributed by atoms with Crippen LogP contribution in [0.3, 0.4) is 0 Å². The number of hydrogen-bond acceptors (Lipinski definition) is 3. The predicted octanol–water partition coefficient (Wildman–Crippen LogP) is 3.45. The van der Waals surface area contributed by atoms with Crippen molar-refractivity contribution in [2.45, 2.75) is 13.3 Å². The Labute approximate surface area is 111 Å². The number of hydrogen-bond donors (Lipinski definition) is 3. The SMILES string of the molecule is CCc1ccc(Nc2cc3[nH]ncc3cc2N)cc1. The number of benzene rings is 2. The highest BCUT2D eigenvalue weighted by Gasteiger charge is 2.04. The van der Waals surface area contributed by atoms with Crippen molar-refractivity contribution < 1.29 is 0 Å². The molecule has 0 aliphatic carbocycles. The van der Waals surface area contributed by atoms with Gasteiger partial charge in [-0.15, -0.1) is 0 Å². The van der Waals surface area contributed by atoms with E-state index in [0.717, 1.165) is 28.7 Å². The lowest BCUT2D eigenvalue weighted by Crippen LogP contribution is -1.96. The zero-order valence-corrected chi connectivity index (χ0v) is 10.8. The van der Waals surface area contributed by atoms with Crippen LogP contribution in [0.15, 0.2) is 42.6 Å². The minimum absolute atomic E-state index is 0.716. The van der Waals surface area contributed by atoms with E-state index in [0.29, 0.717) is 5.69 Å². The Morgan fingerprint density at radius 1 is 1.21 bits per heavy atom. The van der Waals surface area contributed by atoms with E-state index in [9.17, 15) is 0 Å². The zero-order valence-electron chi connectivity index (χ0n) is 10.8. The standard InChI is InChI=1S/C15H16N4/c1-2-10-3-5-12(6-4-10)18-15-8-14-11(7-13(15)16)9-17-19-14/h3-9,18H,2,16H2,1H3,(H,17,19). The molecule has 0 bridgehead atoms. The van der Waals surface area contributed by atoms with Gasteiger partial charge in [-0.05, 0) is 36.2 Å². The smallest absolute Gasteiger partial charge is 0.0672 e. The number of nitrogens with zero attached hydrogens (tertiary/aromatic N) is 1. The van der Waals surface area contributed by atoms with Gasteiger partial charge in [0.1, 0.15) is 0 Å². The molecule has 0 aliphatic rings. The Kier molecular flexibility index (Phi) is 2.83. The van der Waals surface area contributed by atoms with Crippen molar-refractivity contribution in [3.8, 4) is 0 Å². The zero-order chi connectivity index (χ0) is 13.2. The third-order valence-corrected chi connectivity index (χ3v) is 3.25. The summed E-state index contributed by atoms with van der Waals surface area (Å²) in [6.45, 7) is 2.15. The van der Waals surface area contributed by atoms with E-state index in [-0.39, 0.29) is 0 Å². The van der Waals surface area contributed by atoms with Crippen molar-refractivity contribution in [1.29, 1.82) is 0 Å². The lowest BCUT2D eigenvalue weighted by atomic mass is 10.1. The van der Waals surface area contributed by atoms with Crippen LogP contribution in [0.4, 0.5) is 17.1 Å². The van der Waals surface area contributed by atoms with Gasteiger partial charge in [-0.3, -0.25) is 5.10 Å². The van der Waals surface area contributed by atoms with Crippen molar-refractivity contribution >= 4 is 28.0 Å². The minimum Gasteiger partial charge on any atom is -0.397 e. The molecule has 3 aromatic rings. The van der Waals surface area contributed by atoms with Crippen LogP contribution >= 0.6 is 0 Å². The molecule has 4 N–H and O–H groups in total. The third-order valence-electron chi connectivity index (χ3n) is 3.25. The van der Waals surface area contributed by atoms with E-state index >= 15 is 0 Å². The van der Waals surface area contributed by atoms with E-state index < -0.39 is 0 Å². The number of anilines is 3. The predicted molar refractivity (Wildman–Crippen MR) is 79.6 cm³/mol. The highest BCUT2D eigenvalue weighted by molar-refractivity contribution is 5.89. The number of H-pyrrole nitrogens is 1. The lowest BCUT2D eigenvalue weighted by Gasteiger charge is -2.10. The van der Waals surface area contributed by atoms with Crippen LogP contribution in [0.2, 0.25) is 0 Å². The maximum Gasteiger partial charge on any atom is 0.0672 e. The molecule has 0 spiro atoms. The molecule has 4 heteroatoms. The fourth-order valence-corrected chi connectivity index (χ4v) is 2.10. The van der Waals surface area contributed by atoms with Gasteiger partial charge in [-0.2, -0.15) is 5.10 Å². The van der Waals surface area contributed by atoms with E-state index in [1.54, 1.807) is 6.20 Å². The molecule has 0 saturated heterocycles. The van der Waals surface area contributed by atoms with E-state index in [4.69, 9.17) is 5.73 Å². The van der Waals surface area contributed by atoms with Crippen LogP contribution in [-0.2, 0) is 6.42 Å². The van der Waals surface area contributed by atoms with Gasteiger partial charge in [0.15, 0.2) is 0 Å². The average Bonchev–Trinajstić information content (AvgIpc) is 2.87. The van der Waals surface area contributed by atoms with Gasteiger partial charge in [-0.25, -0.2) is 0 Å². The normalized spacial score (nSPS) is 10.8. The number of nitrogens with one attached hydrogen (secondary N) is 2. The second kappa shape index (κ2) is 4.65. The molecule has 0 aliphatic heterocycles. The molecular weight excluding hydrogens is 236 g/mol. The minimum atomic E-state index is 0.716. The molecule has 4 nitrogen and oxygen atoms in total. The van der Waals surface area contributed by atoms with Gasteiger partial charge in [0.25, 0.3) is 0 Å². The molecule has 19 heavy (non-hydrogen) atoms. The number of nitrogen functional groups attached to an aromatic ring is 1. The molecular formula is C15H16N4. The summed E-state index contributed by atoms with van der Waals surface area (Å²) in [5, 5.41) is 11.3. The van der Waals surface area contributed by atoms with Crippen molar-refractivity contribution in [3.63, 3.8) is 0 Å². The Hall–Kier alpha value is -2.49. The summed E-state index contributed by atoms with van der Waals surface area (Å²) in [6.07, 6.45) is 2.81. The molecule has 0 amide bonds. The molecule has 2 aromatic carbocycles. The molecule has 1 aromatic heterocycles. The van der Waals surface area contributed by atoms with Crippen LogP contribution in [0.25, 0.3) is 10.9 Å². The van der Waals surface area contributed by atoms with Crippen molar-refractivity contribution in [1.82, 2.24) is 10.2 Å². The second-order valence-electron chi connectivity index (χ2n) is 4.57. The maximum absolute atomic E-state index is 6.05. The van der Waals surface area contributed by atoms with Crippen LogP contribution in [-0.4, -0.2) is 10.2 Å². The Morgan fingerprint density at radius 2 is 2.00 bits per heavy atom. The fraction of sp³-hybridized carbons (Fsp3) is 0.133. The van der Waals surface area contributed by atoms with Crippen LogP contribution in [0.1, 0.15) is 12.5 Å². The first-order valence-corrected chi connectivity index (χ1v) is 6.35. The number of rotatable bonds is 3. The van der Waals surface area contributed by atoms with Gasteiger partial charge in [0, 0.05) is 11.1 Å². The first-order valence-electron chi connectivity index (χ1n) is 6.35. The Bertz CT molecular complexity index is 698. The topological polar surface area (TPSA) is 66.7 Å². The van der Waals surface area contributed by atoms with Crippen molar-refractivity contribution in [2.75, 3.05) is 11.1 Å². The quantitative estimate of drug-likeness (QED) is 0.625. The fourth-order valence-electron chi connectivity index (χ4n) is 2.10. The van der Waals surface area contributed by atoms with E-state index in [1.807, 2.05) is 12.1 Å². The van der Waals surface area contributed by atoms with E-state index in [1.165, 1.54) is 5.56 Å². The van der Waals surface area contributed by atoms with Crippen molar-refractivity contribution in [3.05, 3.63) is 48.2 Å². The average molecular weight is 252 g/mol. The van der Waals surface area contributed by atoms with Gasteiger partial charge < -0.3 is 11.1 Å². The highest BCUT2D eigenvalue weighted by atomic mass is 15.1. The number of fused-ring (bicyclic) bond motifs is 1. The summed E-state index contributed by atoms with van der Waals surface area (Å²) >= 11 is 0. The number of aromatic nitrogens is 2. The largest absolute Gasteiger partial charge is 0.397 e. The molecule has 96 valence electrons. The summed E-state index contributed by atoms with van der Waals surface area (Å²) in [6, 6.07) is 12.3. The number of aryl methyl sites for hydroxylation is 1. The summed E-state index contributed by atoms with van der Waals surface area (Å²) in [5.74, 6) is 0. The van der Waals surface area contributed by atoms with Crippen LogP contribution in [0.5, 0.6) is 0 Å². The summed E-state index contributed by atoms with van der Waals surface area (Å²) in [5.41, 5.74) is 11.0. The lowest BCUT2D eigenvalue weighted by molar-refractivity contribution is 1.12. The highest BCUT2D eigenvalue weighted by Crippen LogP contribution is 2.27. The molecule has 1 heterocycles. The Balaban J connectivity index is 1.92. The first kappa shape index (κ1) is 11.6. The second-order valence-corrected chi connectivity index (χ2v) is 4.57. The molecule has 0 unspecified atom stereocenters. The first-order chi connectivity index (χ1) is 9.26. The van der Waals surface area contributed by atoms with Gasteiger partial charge in [0.2, 0.25) is 0 Å². The summed E-state index contributed by atoms with van der Waals surface area (Å²) in [7, 11) is 0. The van der Waals surface area contributed by atoms with Gasteiger partial charge in [0.05, 0.1) is 23.1 Å². The monoisotopic (exact) mass is 252 g/mol. The van der Waals surface area contributed by atoms with Crippen molar-refractivity contribution in [2.24, 2.45) is 0 Å². The van der Waals surface area contributed by atoms with Gasteiger partial charge in [-0.1, -0.05) is 19.1 Å². The summed E-state index contributed by atoms with van der Waals surface area (Å²) in [4.78, 5) is 0. The molecule has 0 radical (unpaired) electrons. The van der Waals surface area contributed by atoms with Crippen LogP contribution in [0, 0.1) is 0 Å². The number of aromatic amines is 1. The third kappa shape index (κ3) is 2.25. The molecule has 0 saturated carbocycles. The van der Waals surface area contributed by atoms with Gasteiger partial charge >= 0.3 is 0 Å². The molecule has 0 fully saturated rings. The maximum atomic E-state index is 6.05. The summed E-state index contributed by atoms with van der Waals surface area (Å²) < 4.78 is 0. The molecule has 3 rings (SSSR count). The number of nitrogens with two attached hydrogens (primary N) is 1. The molecule has 0 atom stereocenters. The van der Waals surface area contributed by atoms with Crippen LogP contribution < -0.4 is 11.1 Å². The van der Waals surface area contributed by atoms with E-state index in [2.05, 4.69) is 46.7 Å². The Morgan fingerprint density at radius 3 is 2.74 bits per heavy atom.